The Labute approximate surface area is 156 Å². The van der Waals surface area contributed by atoms with E-state index in [4.69, 9.17) is 4.74 Å². The number of sulfone groups is 1. The maximum atomic E-state index is 12.7. The van der Waals surface area contributed by atoms with E-state index in [2.05, 4.69) is 0 Å². The van der Waals surface area contributed by atoms with Gasteiger partial charge in [0.05, 0.1) is 16.4 Å². The number of rotatable bonds is 6. The predicted octanol–water partition coefficient (Wildman–Crippen LogP) is 3.35. The summed E-state index contributed by atoms with van der Waals surface area (Å²) in [5.74, 6) is -0.845. The molecule has 0 amide bonds. The van der Waals surface area contributed by atoms with E-state index in [1.807, 2.05) is 0 Å². The minimum Gasteiger partial charge on any atom is -0.500 e. The number of hydrogen-bond donors (Lipinski definition) is 1. The van der Waals surface area contributed by atoms with Crippen molar-refractivity contribution in [2.75, 3.05) is 6.61 Å². The number of ether oxygens (including phenoxy) is 1. The second kappa shape index (κ2) is 7.88. The topological polar surface area (TPSA) is 131 Å². The number of nitrogens with zero attached hydrogens (tertiary/aromatic N) is 2. The molecule has 0 spiro atoms. The fourth-order valence-electron chi connectivity index (χ4n) is 2.27. The second-order valence-corrected chi connectivity index (χ2v) is 7.43. The van der Waals surface area contributed by atoms with Gasteiger partial charge in [-0.05, 0) is 43.7 Å². The maximum Gasteiger partial charge on any atom is 0.315 e. The lowest BCUT2D eigenvalue weighted by atomic mass is 10.1. The second-order valence-electron chi connectivity index (χ2n) is 5.51. The van der Waals surface area contributed by atoms with Crippen LogP contribution in [0.1, 0.15) is 18.1 Å². The summed E-state index contributed by atoms with van der Waals surface area (Å²) >= 11 is 0. The van der Waals surface area contributed by atoms with E-state index in [9.17, 15) is 28.9 Å². The van der Waals surface area contributed by atoms with Crippen molar-refractivity contribution in [2.24, 2.45) is 0 Å². The zero-order valence-electron chi connectivity index (χ0n) is 14.5. The van der Waals surface area contributed by atoms with E-state index in [0.29, 0.717) is 0 Å². The fourth-order valence-corrected chi connectivity index (χ4v) is 3.43. The number of aromatic hydroxyl groups is 1. The first-order valence-corrected chi connectivity index (χ1v) is 9.26. The van der Waals surface area contributed by atoms with Crippen LogP contribution in [-0.2, 0) is 9.84 Å². The van der Waals surface area contributed by atoms with Crippen LogP contribution in [0, 0.1) is 28.4 Å². The third kappa shape index (κ3) is 4.24. The highest BCUT2D eigenvalue weighted by atomic mass is 32.2. The molecule has 0 aliphatic rings. The molecule has 9 heteroatoms. The van der Waals surface area contributed by atoms with Gasteiger partial charge in [-0.15, -0.1) is 0 Å². The van der Waals surface area contributed by atoms with Crippen LogP contribution in [0.3, 0.4) is 0 Å². The minimum atomic E-state index is -4.11. The molecule has 0 radical (unpaired) electrons. The van der Waals surface area contributed by atoms with E-state index in [-0.39, 0.29) is 22.8 Å². The molecule has 1 N–H and O–H groups in total. The molecule has 27 heavy (non-hydrogen) atoms. The Balaban J connectivity index is 2.62. The van der Waals surface area contributed by atoms with Gasteiger partial charge >= 0.3 is 5.69 Å². The number of hydrogen-bond acceptors (Lipinski definition) is 7. The molecule has 0 saturated heterocycles. The van der Waals surface area contributed by atoms with Crippen molar-refractivity contribution in [1.82, 2.24) is 0 Å². The molecule has 2 aromatic rings. The molecule has 140 valence electrons. The van der Waals surface area contributed by atoms with Crippen LogP contribution in [0.15, 0.2) is 46.2 Å². The van der Waals surface area contributed by atoms with Crippen LogP contribution < -0.4 is 4.74 Å². The molecular weight excluding hydrogens is 372 g/mol. The maximum absolute atomic E-state index is 12.7. The Kier molecular flexibility index (Phi) is 5.82. The Morgan fingerprint density at radius 2 is 1.96 bits per heavy atom. The van der Waals surface area contributed by atoms with Gasteiger partial charge in [-0.1, -0.05) is 17.7 Å². The molecule has 0 unspecified atom stereocenters. The van der Waals surface area contributed by atoms with E-state index < -0.39 is 31.1 Å². The Bertz CT molecular complexity index is 1050. The summed E-state index contributed by atoms with van der Waals surface area (Å²) in [6, 6.07) is 9.77. The number of phenols is 1. The normalized spacial score (nSPS) is 11.7. The molecular formula is C18H16N2O6S. The van der Waals surface area contributed by atoms with E-state index in [0.717, 1.165) is 17.7 Å². The highest BCUT2D eigenvalue weighted by Gasteiger charge is 2.23. The zero-order valence-corrected chi connectivity index (χ0v) is 15.4. The summed E-state index contributed by atoms with van der Waals surface area (Å²) in [4.78, 5) is 9.64. The van der Waals surface area contributed by atoms with Crippen molar-refractivity contribution >= 4 is 21.6 Å². The third-order valence-electron chi connectivity index (χ3n) is 3.60. The quantitative estimate of drug-likeness (QED) is 0.456. The summed E-state index contributed by atoms with van der Waals surface area (Å²) in [5, 5.41) is 30.4. The van der Waals surface area contributed by atoms with Gasteiger partial charge in [0, 0.05) is 6.07 Å². The van der Waals surface area contributed by atoms with Crippen LogP contribution in [0.25, 0.3) is 6.08 Å². The molecule has 0 atom stereocenters. The van der Waals surface area contributed by atoms with Crippen LogP contribution in [0.2, 0.25) is 0 Å². The van der Waals surface area contributed by atoms with E-state index in [1.165, 1.54) is 18.2 Å². The van der Waals surface area contributed by atoms with Crippen molar-refractivity contribution in [3.63, 3.8) is 0 Å². The number of benzene rings is 2. The molecule has 0 aliphatic carbocycles. The van der Waals surface area contributed by atoms with Gasteiger partial charge in [0.1, 0.15) is 11.0 Å². The molecule has 0 aromatic heterocycles. The first-order valence-electron chi connectivity index (χ1n) is 7.78. The first kappa shape index (κ1) is 19.9. The molecule has 0 heterocycles. The van der Waals surface area contributed by atoms with Crippen LogP contribution >= 0.6 is 0 Å². The van der Waals surface area contributed by atoms with Gasteiger partial charge in [0.25, 0.3) is 0 Å². The van der Waals surface area contributed by atoms with Gasteiger partial charge in [-0.25, -0.2) is 8.42 Å². The minimum absolute atomic E-state index is 0.0372. The summed E-state index contributed by atoms with van der Waals surface area (Å²) in [6.45, 7) is 3.54. The fraction of sp³-hybridized carbons (Fsp3) is 0.167. The number of aryl methyl sites for hydroxylation is 1. The van der Waals surface area contributed by atoms with Crippen LogP contribution in [0.5, 0.6) is 11.5 Å². The van der Waals surface area contributed by atoms with Gasteiger partial charge in [-0.3, -0.25) is 10.1 Å². The van der Waals surface area contributed by atoms with Crippen molar-refractivity contribution in [1.29, 1.82) is 5.26 Å². The number of nitro groups is 1. The largest absolute Gasteiger partial charge is 0.500 e. The third-order valence-corrected chi connectivity index (χ3v) is 5.28. The molecule has 2 rings (SSSR count). The number of nitro benzene ring substituents is 1. The lowest BCUT2D eigenvalue weighted by molar-refractivity contribution is -0.386. The predicted molar refractivity (Wildman–Crippen MR) is 97.9 cm³/mol. The van der Waals surface area contributed by atoms with Crippen molar-refractivity contribution in [3.8, 4) is 17.6 Å². The van der Waals surface area contributed by atoms with Crippen molar-refractivity contribution < 1.29 is 23.2 Å². The first-order chi connectivity index (χ1) is 12.7. The van der Waals surface area contributed by atoms with Crippen LogP contribution in [-0.4, -0.2) is 25.1 Å². The number of allylic oxidation sites excluding steroid dienone is 1. The van der Waals surface area contributed by atoms with Gasteiger partial charge in [-0.2, -0.15) is 5.26 Å². The average Bonchev–Trinajstić information content (AvgIpc) is 2.62. The summed E-state index contributed by atoms with van der Waals surface area (Å²) in [7, 11) is -4.11. The van der Waals surface area contributed by atoms with Gasteiger partial charge < -0.3 is 9.84 Å². The molecule has 0 fully saturated rings. The highest BCUT2D eigenvalue weighted by Crippen LogP contribution is 2.38. The standard InChI is InChI=1S/C18H16N2O6S/c1-3-26-17-10-13(9-16(18(17)21)20(22)23)8-15(11-19)27(24,25)14-6-4-12(2)5-7-14/h4-10,21H,3H2,1-2H3. The molecule has 8 nitrogen and oxygen atoms in total. The lowest BCUT2D eigenvalue weighted by Crippen LogP contribution is -2.04. The number of phenolic OH excluding ortho intramolecular Hbond substituents is 1. The highest BCUT2D eigenvalue weighted by molar-refractivity contribution is 7.95. The van der Waals surface area contributed by atoms with E-state index >= 15 is 0 Å². The smallest absolute Gasteiger partial charge is 0.315 e. The Hall–Kier alpha value is -3.38. The summed E-state index contributed by atoms with van der Waals surface area (Å²) in [5.41, 5.74) is 0.236. The van der Waals surface area contributed by atoms with Gasteiger partial charge in [0.15, 0.2) is 5.75 Å². The molecule has 0 bridgehead atoms. The Morgan fingerprint density at radius 1 is 1.33 bits per heavy atom. The molecule has 0 aliphatic heterocycles. The van der Waals surface area contributed by atoms with E-state index in [1.54, 1.807) is 32.0 Å². The molecule has 0 saturated carbocycles. The number of nitriles is 1. The van der Waals surface area contributed by atoms with Gasteiger partial charge in [0.2, 0.25) is 15.6 Å². The lowest BCUT2D eigenvalue weighted by Gasteiger charge is -2.08. The monoisotopic (exact) mass is 388 g/mol. The Morgan fingerprint density at radius 3 is 2.48 bits per heavy atom. The van der Waals surface area contributed by atoms with Crippen molar-refractivity contribution in [3.05, 3.63) is 62.5 Å². The molecule has 2 aromatic carbocycles. The van der Waals surface area contributed by atoms with Crippen LogP contribution in [0.4, 0.5) is 5.69 Å². The SMILES string of the molecule is CCOc1cc(C=C(C#N)S(=O)(=O)c2ccc(C)cc2)cc([N+](=O)[O-])c1O. The summed E-state index contributed by atoms with van der Waals surface area (Å²) < 4.78 is 30.5. The zero-order chi connectivity index (χ0) is 20.2. The van der Waals surface area contributed by atoms with Crippen molar-refractivity contribution in [2.45, 2.75) is 18.7 Å². The summed E-state index contributed by atoms with van der Waals surface area (Å²) in [6.07, 6.45) is 1.00. The average molecular weight is 388 g/mol.